The van der Waals surface area contributed by atoms with E-state index in [1.54, 1.807) is 19.9 Å². The molecule has 2 aliphatic rings. The zero-order valence-electron chi connectivity index (χ0n) is 19.9. The molecule has 10 nitrogen and oxygen atoms in total. The second kappa shape index (κ2) is 12.3. The topological polar surface area (TPSA) is 121 Å². The predicted octanol–water partition coefficient (Wildman–Crippen LogP) is 1.61. The third kappa shape index (κ3) is 6.86. The number of methoxy groups -OCH3 is 1. The van der Waals surface area contributed by atoms with E-state index in [-0.39, 0.29) is 19.1 Å². The van der Waals surface area contributed by atoms with Gasteiger partial charge in [0.15, 0.2) is 18.0 Å². The molecule has 0 aromatic rings. The Balaban J connectivity index is 2.03. The van der Waals surface area contributed by atoms with E-state index in [0.717, 1.165) is 4.90 Å². The van der Waals surface area contributed by atoms with Crippen LogP contribution in [-0.2, 0) is 33.3 Å². The maximum Gasteiger partial charge on any atom is 0.417 e. The lowest BCUT2D eigenvalue weighted by molar-refractivity contribution is -0.154. The zero-order valence-corrected chi connectivity index (χ0v) is 19.9. The summed E-state index contributed by atoms with van der Waals surface area (Å²) in [6.07, 6.45) is 1.80. The molecule has 3 atom stereocenters. The molecule has 0 aromatic carbocycles. The summed E-state index contributed by atoms with van der Waals surface area (Å²) < 4.78 is 27.1. The first kappa shape index (κ1) is 27.0. The standard InChI is InChI=1S/C23H35NO9/c1-15(2)20-23(3,4)33-22(28)24(20)21(27)19(29-5)18-17(26)9-8-16(32-18)7-6-11-30-13-14-31-12-10-25/h7-9,15,18-20,25H,6,10-14H2,1-5H3/t18-,19-,20-/m1/s1. The number of nitrogens with zero attached hydrogens (tertiary/aromatic N) is 1. The van der Waals surface area contributed by atoms with Crippen LogP contribution in [0.15, 0.2) is 24.0 Å². The van der Waals surface area contributed by atoms with E-state index in [9.17, 15) is 14.4 Å². The second-order valence-corrected chi connectivity index (χ2v) is 8.64. The summed E-state index contributed by atoms with van der Waals surface area (Å²) in [5.41, 5.74) is -0.870. The molecule has 186 valence electrons. The Hall–Kier alpha value is -2.27. The minimum absolute atomic E-state index is 0.0323. The Morgan fingerprint density at radius 2 is 1.85 bits per heavy atom. The molecule has 2 rings (SSSR count). The van der Waals surface area contributed by atoms with Gasteiger partial charge < -0.3 is 28.8 Å². The quantitative estimate of drug-likeness (QED) is 0.425. The van der Waals surface area contributed by atoms with Crippen molar-refractivity contribution in [1.29, 1.82) is 0 Å². The maximum absolute atomic E-state index is 13.3. The number of carbonyl (C=O) groups excluding carboxylic acids is 3. The van der Waals surface area contributed by atoms with Crippen molar-refractivity contribution >= 4 is 17.8 Å². The van der Waals surface area contributed by atoms with E-state index in [1.807, 2.05) is 13.8 Å². The lowest BCUT2D eigenvalue weighted by atomic mass is 9.88. The molecule has 0 radical (unpaired) electrons. The number of ketones is 1. The number of carbonyl (C=O) groups is 3. The molecule has 33 heavy (non-hydrogen) atoms. The molecule has 2 aliphatic heterocycles. The number of hydrogen-bond donors (Lipinski definition) is 1. The highest BCUT2D eigenvalue weighted by Crippen LogP contribution is 2.35. The molecule has 0 spiro atoms. The molecule has 1 saturated heterocycles. The smallest absolute Gasteiger partial charge is 0.417 e. The fraction of sp³-hybridized carbons (Fsp3) is 0.696. The number of rotatable bonds is 12. The van der Waals surface area contributed by atoms with Crippen LogP contribution in [0.1, 0.15) is 34.1 Å². The molecular formula is C23H35NO9. The average Bonchev–Trinajstić information content (AvgIpc) is 3.00. The van der Waals surface area contributed by atoms with Crippen LogP contribution in [0.5, 0.6) is 0 Å². The molecule has 0 aliphatic carbocycles. The molecule has 0 aromatic heterocycles. The van der Waals surface area contributed by atoms with Gasteiger partial charge >= 0.3 is 6.09 Å². The van der Waals surface area contributed by atoms with E-state index in [1.165, 1.54) is 19.3 Å². The van der Waals surface area contributed by atoms with Crippen LogP contribution in [0.4, 0.5) is 4.79 Å². The fourth-order valence-electron chi connectivity index (χ4n) is 4.08. The highest BCUT2D eigenvalue weighted by atomic mass is 16.6. The first-order valence-electron chi connectivity index (χ1n) is 11.1. The fourth-order valence-corrected chi connectivity index (χ4v) is 4.08. The van der Waals surface area contributed by atoms with Gasteiger partial charge in [-0.05, 0) is 44.4 Å². The number of aliphatic hydroxyl groups is 1. The third-order valence-corrected chi connectivity index (χ3v) is 5.35. The Kier molecular flexibility index (Phi) is 10.0. The van der Waals surface area contributed by atoms with Crippen molar-refractivity contribution in [2.75, 3.05) is 40.1 Å². The summed E-state index contributed by atoms with van der Waals surface area (Å²) in [6.45, 7) is 8.69. The summed E-state index contributed by atoms with van der Waals surface area (Å²) in [7, 11) is 1.30. The molecule has 2 amide bonds. The largest absolute Gasteiger partial charge is 0.479 e. The van der Waals surface area contributed by atoms with E-state index in [0.29, 0.717) is 32.0 Å². The van der Waals surface area contributed by atoms with Gasteiger partial charge in [-0.25, -0.2) is 9.69 Å². The van der Waals surface area contributed by atoms with Crippen molar-refractivity contribution in [3.63, 3.8) is 0 Å². The number of ether oxygens (including phenoxy) is 5. The Morgan fingerprint density at radius 1 is 1.18 bits per heavy atom. The first-order valence-corrected chi connectivity index (χ1v) is 11.1. The van der Waals surface area contributed by atoms with Gasteiger partial charge in [-0.1, -0.05) is 13.8 Å². The highest BCUT2D eigenvalue weighted by molar-refractivity contribution is 6.03. The van der Waals surface area contributed by atoms with Gasteiger partial charge in [0.25, 0.3) is 5.91 Å². The minimum Gasteiger partial charge on any atom is -0.479 e. The lowest BCUT2D eigenvalue weighted by Crippen LogP contribution is -2.55. The summed E-state index contributed by atoms with van der Waals surface area (Å²) in [5.74, 6) is -0.775. The van der Waals surface area contributed by atoms with Gasteiger partial charge in [0.1, 0.15) is 11.4 Å². The van der Waals surface area contributed by atoms with Crippen LogP contribution >= 0.6 is 0 Å². The number of cyclic esters (lactones) is 1. The number of hydrogen-bond acceptors (Lipinski definition) is 9. The Bertz CT molecular complexity index is 759. The van der Waals surface area contributed by atoms with Gasteiger partial charge in [-0.15, -0.1) is 0 Å². The maximum atomic E-state index is 13.3. The lowest BCUT2D eigenvalue weighted by Gasteiger charge is -2.34. The van der Waals surface area contributed by atoms with Crippen molar-refractivity contribution in [3.8, 4) is 0 Å². The molecule has 1 N–H and O–H groups in total. The van der Waals surface area contributed by atoms with E-state index >= 15 is 0 Å². The van der Waals surface area contributed by atoms with Crippen LogP contribution in [0.3, 0.4) is 0 Å². The molecule has 0 unspecified atom stereocenters. The SMILES string of the molecule is CO[C@@H](C(=O)N1C(=O)OC(C)(C)[C@H]1C(C)C)[C@@H]1OC(=CCCOCCOCCO)C=CC1=O. The zero-order chi connectivity index (χ0) is 24.6. The van der Waals surface area contributed by atoms with Crippen LogP contribution in [0.25, 0.3) is 0 Å². The van der Waals surface area contributed by atoms with Crippen molar-refractivity contribution in [3.05, 3.63) is 24.0 Å². The van der Waals surface area contributed by atoms with Gasteiger partial charge in [0.05, 0.1) is 39.1 Å². The molecule has 10 heteroatoms. The van der Waals surface area contributed by atoms with Crippen LogP contribution < -0.4 is 0 Å². The molecule has 0 bridgehead atoms. The Labute approximate surface area is 194 Å². The Morgan fingerprint density at radius 3 is 2.45 bits per heavy atom. The van der Waals surface area contributed by atoms with Crippen molar-refractivity contribution in [2.24, 2.45) is 5.92 Å². The summed E-state index contributed by atoms with van der Waals surface area (Å²) >= 11 is 0. The number of amides is 2. The van der Waals surface area contributed by atoms with Gasteiger partial charge in [0.2, 0.25) is 0 Å². The predicted molar refractivity (Wildman–Crippen MR) is 117 cm³/mol. The van der Waals surface area contributed by atoms with Crippen LogP contribution in [-0.4, -0.2) is 91.8 Å². The van der Waals surface area contributed by atoms with Gasteiger partial charge in [0, 0.05) is 7.11 Å². The summed E-state index contributed by atoms with van der Waals surface area (Å²) in [5, 5.41) is 8.64. The van der Waals surface area contributed by atoms with Gasteiger partial charge in [-0.3, -0.25) is 9.59 Å². The number of aliphatic hydroxyl groups excluding tert-OH is 1. The molecule has 0 saturated carbocycles. The van der Waals surface area contributed by atoms with Crippen molar-refractivity contribution in [2.45, 2.75) is 58.0 Å². The first-order chi connectivity index (χ1) is 15.6. The van der Waals surface area contributed by atoms with Crippen LogP contribution in [0.2, 0.25) is 0 Å². The monoisotopic (exact) mass is 469 g/mol. The van der Waals surface area contributed by atoms with Crippen LogP contribution in [0, 0.1) is 5.92 Å². The highest BCUT2D eigenvalue weighted by Gasteiger charge is 2.54. The summed E-state index contributed by atoms with van der Waals surface area (Å²) in [6, 6.07) is -0.516. The molecular weight excluding hydrogens is 434 g/mol. The number of imide groups is 1. The van der Waals surface area contributed by atoms with Gasteiger partial charge in [-0.2, -0.15) is 0 Å². The van der Waals surface area contributed by atoms with E-state index < -0.39 is 41.6 Å². The second-order valence-electron chi connectivity index (χ2n) is 8.64. The van der Waals surface area contributed by atoms with Crippen molar-refractivity contribution in [1.82, 2.24) is 4.90 Å². The van der Waals surface area contributed by atoms with E-state index in [4.69, 9.17) is 28.8 Å². The average molecular weight is 470 g/mol. The normalized spacial score (nSPS) is 24.3. The van der Waals surface area contributed by atoms with Crippen molar-refractivity contribution < 1.29 is 43.2 Å². The van der Waals surface area contributed by atoms with E-state index in [2.05, 4.69) is 0 Å². The molecule has 1 fully saturated rings. The minimum atomic E-state index is -1.31. The third-order valence-electron chi connectivity index (χ3n) is 5.35. The molecule has 2 heterocycles. The number of allylic oxidation sites excluding steroid dienone is 1. The summed E-state index contributed by atoms with van der Waals surface area (Å²) in [4.78, 5) is 39.4.